The van der Waals surface area contributed by atoms with Crippen molar-refractivity contribution in [2.24, 2.45) is 5.92 Å². The van der Waals surface area contributed by atoms with Crippen molar-refractivity contribution in [3.8, 4) is 5.75 Å². The zero-order valence-electron chi connectivity index (χ0n) is 12.4. The summed E-state index contributed by atoms with van der Waals surface area (Å²) in [6, 6.07) is 6.38. The molecule has 1 aliphatic heterocycles. The van der Waals surface area contributed by atoms with Gasteiger partial charge in [-0.2, -0.15) is 0 Å². The Kier molecular flexibility index (Phi) is 5.87. The van der Waals surface area contributed by atoms with E-state index in [0.717, 1.165) is 16.6 Å². The molecule has 1 heterocycles. The predicted octanol–water partition coefficient (Wildman–Crippen LogP) is 3.36. The minimum absolute atomic E-state index is 0.349. The van der Waals surface area contributed by atoms with E-state index in [1.54, 1.807) is 0 Å². The Hall–Kier alpha value is -0.580. The molecule has 0 amide bonds. The number of phenols is 1. The van der Waals surface area contributed by atoms with Crippen LogP contribution < -0.4 is 5.32 Å². The van der Waals surface area contributed by atoms with Crippen LogP contribution in [0.1, 0.15) is 32.3 Å². The molecule has 0 spiro atoms. The van der Waals surface area contributed by atoms with Crippen molar-refractivity contribution in [2.45, 2.75) is 39.3 Å². The number of nitrogens with one attached hydrogen (secondary N) is 1. The number of hydrogen-bond acceptors (Lipinski definition) is 3. The number of hydrogen-bond donors (Lipinski definition) is 2. The lowest BCUT2D eigenvalue weighted by Crippen LogP contribution is -2.44. The average molecular weight is 341 g/mol. The highest BCUT2D eigenvalue weighted by Crippen LogP contribution is 2.27. The van der Waals surface area contributed by atoms with Crippen molar-refractivity contribution in [3.63, 3.8) is 0 Å². The first kappa shape index (κ1) is 15.8. The molecule has 0 bridgehead atoms. The fourth-order valence-electron chi connectivity index (χ4n) is 2.92. The number of para-hydroxylation sites is 1. The van der Waals surface area contributed by atoms with Gasteiger partial charge in [-0.3, -0.25) is 4.90 Å². The van der Waals surface area contributed by atoms with E-state index in [1.165, 1.54) is 25.9 Å². The summed E-state index contributed by atoms with van der Waals surface area (Å²) in [7, 11) is 0. The first-order valence-corrected chi connectivity index (χ1v) is 8.30. The molecule has 4 heteroatoms. The van der Waals surface area contributed by atoms with Gasteiger partial charge in [0.25, 0.3) is 0 Å². The van der Waals surface area contributed by atoms with E-state index in [-0.39, 0.29) is 0 Å². The number of phenolic OH excluding ortho intramolecular Hbond substituents is 1. The van der Waals surface area contributed by atoms with Crippen LogP contribution in [0, 0.1) is 5.92 Å². The van der Waals surface area contributed by atoms with Crippen LogP contribution in [0.2, 0.25) is 0 Å². The van der Waals surface area contributed by atoms with Crippen molar-refractivity contribution in [1.29, 1.82) is 0 Å². The van der Waals surface area contributed by atoms with Crippen molar-refractivity contribution >= 4 is 15.9 Å². The van der Waals surface area contributed by atoms with E-state index >= 15 is 0 Å². The van der Waals surface area contributed by atoms with Gasteiger partial charge >= 0.3 is 0 Å². The van der Waals surface area contributed by atoms with Crippen LogP contribution in [0.25, 0.3) is 0 Å². The molecule has 1 aliphatic rings. The Morgan fingerprint density at radius 2 is 2.00 bits per heavy atom. The number of rotatable bonds is 6. The van der Waals surface area contributed by atoms with Crippen molar-refractivity contribution in [1.82, 2.24) is 10.2 Å². The van der Waals surface area contributed by atoms with E-state index in [4.69, 9.17) is 0 Å². The van der Waals surface area contributed by atoms with Gasteiger partial charge in [0.05, 0.1) is 4.47 Å². The Labute approximate surface area is 130 Å². The number of nitrogens with zero attached hydrogens (tertiary/aromatic N) is 1. The summed E-state index contributed by atoms with van der Waals surface area (Å²) in [5.41, 5.74) is 0.948. The first-order chi connectivity index (χ1) is 9.59. The normalized spacial score (nSPS) is 17.8. The molecule has 0 radical (unpaired) electrons. The van der Waals surface area contributed by atoms with Gasteiger partial charge < -0.3 is 10.4 Å². The van der Waals surface area contributed by atoms with Crippen molar-refractivity contribution in [3.05, 3.63) is 28.2 Å². The maximum atomic E-state index is 9.99. The number of benzene rings is 1. The second-order valence-electron chi connectivity index (χ2n) is 5.93. The molecule has 0 saturated carbocycles. The van der Waals surface area contributed by atoms with Crippen LogP contribution in [0.4, 0.5) is 0 Å². The van der Waals surface area contributed by atoms with Crippen molar-refractivity contribution in [2.75, 3.05) is 19.6 Å². The first-order valence-electron chi connectivity index (χ1n) is 7.50. The molecule has 1 unspecified atom stereocenters. The fraction of sp³-hybridized carbons (Fsp3) is 0.625. The van der Waals surface area contributed by atoms with E-state index in [9.17, 15) is 5.11 Å². The Morgan fingerprint density at radius 3 is 2.65 bits per heavy atom. The fourth-order valence-corrected chi connectivity index (χ4v) is 3.32. The van der Waals surface area contributed by atoms with Gasteiger partial charge in [0.1, 0.15) is 5.75 Å². The van der Waals surface area contributed by atoms with E-state index in [0.29, 0.717) is 24.3 Å². The zero-order chi connectivity index (χ0) is 14.5. The summed E-state index contributed by atoms with van der Waals surface area (Å²) in [6.45, 7) is 8.73. The molecule has 1 atom stereocenters. The quantitative estimate of drug-likeness (QED) is 0.833. The molecular formula is C16H25BrN2O. The summed E-state index contributed by atoms with van der Waals surface area (Å²) in [5, 5.41) is 13.5. The van der Waals surface area contributed by atoms with Gasteiger partial charge in [-0.25, -0.2) is 0 Å². The van der Waals surface area contributed by atoms with Crippen LogP contribution in [0.3, 0.4) is 0 Å². The summed E-state index contributed by atoms with van der Waals surface area (Å²) in [5.74, 6) is 0.999. The minimum Gasteiger partial charge on any atom is -0.506 e. The topological polar surface area (TPSA) is 35.5 Å². The molecule has 0 aromatic heterocycles. The molecule has 1 aromatic rings. The number of likely N-dealkylation sites (tertiary alicyclic amines) is 1. The maximum Gasteiger partial charge on any atom is 0.134 e. The Bertz CT molecular complexity index is 430. The average Bonchev–Trinajstić information content (AvgIpc) is 2.92. The number of aromatic hydroxyl groups is 1. The van der Waals surface area contributed by atoms with Gasteiger partial charge in [0, 0.05) is 24.7 Å². The molecule has 2 N–H and O–H groups in total. The Morgan fingerprint density at radius 1 is 1.30 bits per heavy atom. The Balaban J connectivity index is 1.88. The SMILES string of the molecule is CC(C)C(CNCc1cccc(Br)c1O)N1CCCC1. The largest absolute Gasteiger partial charge is 0.506 e. The van der Waals surface area contributed by atoms with E-state index in [2.05, 4.69) is 40.0 Å². The van der Waals surface area contributed by atoms with Crippen LogP contribution in [-0.2, 0) is 6.54 Å². The van der Waals surface area contributed by atoms with Gasteiger partial charge in [0.2, 0.25) is 0 Å². The van der Waals surface area contributed by atoms with E-state index < -0.39 is 0 Å². The third-order valence-corrected chi connectivity index (χ3v) is 4.76. The van der Waals surface area contributed by atoms with E-state index in [1.807, 2.05) is 18.2 Å². The second kappa shape index (κ2) is 7.43. The third-order valence-electron chi connectivity index (χ3n) is 4.12. The summed E-state index contributed by atoms with van der Waals surface area (Å²) < 4.78 is 0.761. The van der Waals surface area contributed by atoms with Crippen LogP contribution in [0.5, 0.6) is 5.75 Å². The molecule has 112 valence electrons. The highest BCUT2D eigenvalue weighted by atomic mass is 79.9. The van der Waals surface area contributed by atoms with Crippen LogP contribution >= 0.6 is 15.9 Å². The van der Waals surface area contributed by atoms with Gasteiger partial charge in [-0.1, -0.05) is 26.0 Å². The summed E-state index contributed by atoms with van der Waals surface area (Å²) >= 11 is 3.36. The smallest absolute Gasteiger partial charge is 0.134 e. The molecule has 1 saturated heterocycles. The highest BCUT2D eigenvalue weighted by molar-refractivity contribution is 9.10. The second-order valence-corrected chi connectivity index (χ2v) is 6.79. The predicted molar refractivity (Wildman–Crippen MR) is 86.9 cm³/mol. The molecule has 3 nitrogen and oxygen atoms in total. The lowest BCUT2D eigenvalue weighted by Gasteiger charge is -2.31. The molecule has 2 rings (SSSR count). The zero-order valence-corrected chi connectivity index (χ0v) is 14.0. The molecule has 1 fully saturated rings. The maximum absolute atomic E-state index is 9.99. The lowest BCUT2D eigenvalue weighted by molar-refractivity contribution is 0.186. The van der Waals surface area contributed by atoms with Crippen LogP contribution in [0.15, 0.2) is 22.7 Å². The monoisotopic (exact) mass is 340 g/mol. The molecule has 0 aliphatic carbocycles. The van der Waals surface area contributed by atoms with Crippen LogP contribution in [-0.4, -0.2) is 35.7 Å². The molecular weight excluding hydrogens is 316 g/mol. The summed E-state index contributed by atoms with van der Waals surface area (Å²) in [6.07, 6.45) is 2.66. The van der Waals surface area contributed by atoms with Gasteiger partial charge in [0.15, 0.2) is 0 Å². The molecule has 20 heavy (non-hydrogen) atoms. The minimum atomic E-state index is 0.349. The molecule has 1 aromatic carbocycles. The van der Waals surface area contributed by atoms with Gasteiger partial charge in [-0.15, -0.1) is 0 Å². The summed E-state index contributed by atoms with van der Waals surface area (Å²) in [4.78, 5) is 2.60. The third kappa shape index (κ3) is 3.96. The standard InChI is InChI=1S/C16H25BrN2O/c1-12(2)15(19-8-3-4-9-19)11-18-10-13-6-5-7-14(17)16(13)20/h5-7,12,15,18,20H,3-4,8-11H2,1-2H3. The van der Waals surface area contributed by atoms with Crippen molar-refractivity contribution < 1.29 is 5.11 Å². The highest BCUT2D eigenvalue weighted by Gasteiger charge is 2.24. The number of halogens is 1. The lowest BCUT2D eigenvalue weighted by atomic mass is 10.0. The van der Waals surface area contributed by atoms with Gasteiger partial charge in [-0.05, 0) is 53.8 Å².